The van der Waals surface area contributed by atoms with Gasteiger partial charge in [0.1, 0.15) is 12.2 Å². The number of rotatable bonds is 2. The average molecular weight is 402 g/mol. The van der Waals surface area contributed by atoms with E-state index in [4.69, 9.17) is 9.47 Å². The first-order valence-electron chi connectivity index (χ1n) is 11.0. The zero-order valence-electron chi connectivity index (χ0n) is 18.5. The van der Waals surface area contributed by atoms with Crippen LogP contribution in [0.1, 0.15) is 51.7 Å². The zero-order valence-corrected chi connectivity index (χ0v) is 18.5. The number of aromatic hydroxyl groups is 1. The molecule has 0 radical (unpaired) electrons. The van der Waals surface area contributed by atoms with Gasteiger partial charge in [0.05, 0.1) is 5.60 Å². The fourth-order valence-corrected chi connectivity index (χ4v) is 7.08. The van der Waals surface area contributed by atoms with E-state index in [1.165, 1.54) is 11.1 Å². The van der Waals surface area contributed by atoms with Crippen LogP contribution < -0.4 is 4.74 Å². The monoisotopic (exact) mass is 401 g/mol. The predicted octanol–water partition coefficient (Wildman–Crippen LogP) is 3.10. The molecule has 5 nitrogen and oxygen atoms in total. The van der Waals surface area contributed by atoms with Gasteiger partial charge in [-0.3, -0.25) is 0 Å². The highest BCUT2D eigenvalue weighted by atomic mass is 16.5. The maximum absolute atomic E-state index is 11.7. The minimum absolute atomic E-state index is 0.0392. The van der Waals surface area contributed by atoms with Crippen LogP contribution in [0.3, 0.4) is 0 Å². The lowest BCUT2D eigenvalue weighted by Crippen LogP contribution is -2.71. The molecule has 2 fully saturated rings. The van der Waals surface area contributed by atoms with Crippen LogP contribution in [0, 0.1) is 17.3 Å². The number of nitrogens with zero attached hydrogens (tertiary/aromatic N) is 1. The van der Waals surface area contributed by atoms with Crippen LogP contribution >= 0.6 is 0 Å². The number of aliphatic hydroxyl groups is 1. The Labute approximate surface area is 174 Å². The first-order valence-corrected chi connectivity index (χ1v) is 11.0. The summed E-state index contributed by atoms with van der Waals surface area (Å²) in [6, 6.07) is 4.29. The third-order valence-corrected chi connectivity index (χ3v) is 9.16. The minimum Gasteiger partial charge on any atom is -0.504 e. The van der Waals surface area contributed by atoms with Crippen molar-refractivity contribution in [2.24, 2.45) is 17.3 Å². The summed E-state index contributed by atoms with van der Waals surface area (Å²) in [6.07, 6.45) is 2.49. The number of piperidine rings is 1. The molecule has 2 N–H and O–H groups in total. The molecule has 1 saturated heterocycles. The number of methoxy groups -OCH3 is 1. The lowest BCUT2D eigenvalue weighted by molar-refractivity contribution is -0.205. The van der Waals surface area contributed by atoms with E-state index in [2.05, 4.69) is 38.8 Å². The molecule has 5 heteroatoms. The third-order valence-electron chi connectivity index (χ3n) is 9.16. The van der Waals surface area contributed by atoms with Crippen LogP contribution in [0.4, 0.5) is 0 Å². The number of likely N-dealkylation sites (N-methyl/N-ethyl adjacent to an activating group) is 1. The molecule has 4 aliphatic rings. The van der Waals surface area contributed by atoms with Gasteiger partial charge in [-0.2, -0.15) is 0 Å². The second-order valence-corrected chi connectivity index (χ2v) is 11.1. The quantitative estimate of drug-likeness (QED) is 0.797. The minimum atomic E-state index is -0.900. The molecule has 2 bridgehead atoms. The van der Waals surface area contributed by atoms with E-state index in [1.807, 2.05) is 6.92 Å². The van der Waals surface area contributed by atoms with Gasteiger partial charge in [0.25, 0.3) is 0 Å². The summed E-state index contributed by atoms with van der Waals surface area (Å²) in [5.74, 6) is 1.24. The maximum Gasteiger partial charge on any atom is 0.165 e. The second-order valence-electron chi connectivity index (χ2n) is 11.1. The van der Waals surface area contributed by atoms with Gasteiger partial charge in [0.2, 0.25) is 0 Å². The standard InChI is InChI=1S/C24H35NO4/c1-22(2,3)23(4,27)15-12-14-16-11-13-7-8-17(26)20-18(13)24(14,9-10-25(16)5)21(29-20)19(15)28-6/h7-8,14-16,19,21,26-27H,9-12H2,1-6H3/t14?,15?,16-,19?,21+,23+,24+/m1/s1. The van der Waals surface area contributed by atoms with E-state index in [1.54, 1.807) is 13.2 Å². The molecule has 3 unspecified atom stereocenters. The molecular weight excluding hydrogens is 366 g/mol. The van der Waals surface area contributed by atoms with Gasteiger partial charge in [0.15, 0.2) is 11.5 Å². The maximum atomic E-state index is 11.7. The van der Waals surface area contributed by atoms with Crippen molar-refractivity contribution in [1.82, 2.24) is 4.90 Å². The number of phenols is 1. The summed E-state index contributed by atoms with van der Waals surface area (Å²) < 4.78 is 12.7. The van der Waals surface area contributed by atoms with Crippen LogP contribution in [0.25, 0.3) is 0 Å². The Balaban J connectivity index is 1.71. The summed E-state index contributed by atoms with van der Waals surface area (Å²) in [5, 5.41) is 22.4. The van der Waals surface area contributed by atoms with Crippen LogP contribution in [0.5, 0.6) is 11.5 Å². The van der Waals surface area contributed by atoms with Crippen molar-refractivity contribution >= 4 is 0 Å². The van der Waals surface area contributed by atoms with Gasteiger partial charge in [-0.05, 0) is 62.7 Å². The Morgan fingerprint density at radius 3 is 2.62 bits per heavy atom. The molecule has 2 aliphatic heterocycles. The van der Waals surface area contributed by atoms with Crippen molar-refractivity contribution in [3.05, 3.63) is 23.3 Å². The molecular formula is C24H35NO4. The van der Waals surface area contributed by atoms with Crippen LogP contribution in [-0.2, 0) is 16.6 Å². The fraction of sp³-hybridized carbons (Fsp3) is 0.750. The lowest BCUT2D eigenvalue weighted by atomic mass is 9.47. The summed E-state index contributed by atoms with van der Waals surface area (Å²) in [5.41, 5.74) is 1.22. The van der Waals surface area contributed by atoms with E-state index in [0.717, 1.165) is 25.8 Å². The summed E-state index contributed by atoms with van der Waals surface area (Å²) >= 11 is 0. The Hall–Kier alpha value is -1.30. The van der Waals surface area contributed by atoms with Gasteiger partial charge in [-0.1, -0.05) is 26.8 Å². The predicted molar refractivity (Wildman–Crippen MR) is 111 cm³/mol. The van der Waals surface area contributed by atoms with Gasteiger partial charge in [0, 0.05) is 30.0 Å². The van der Waals surface area contributed by atoms with Crippen LogP contribution in [-0.4, -0.2) is 59.7 Å². The van der Waals surface area contributed by atoms with Gasteiger partial charge >= 0.3 is 0 Å². The van der Waals surface area contributed by atoms with Crippen molar-refractivity contribution in [3.63, 3.8) is 0 Å². The number of hydrogen-bond donors (Lipinski definition) is 2. The Kier molecular flexibility index (Phi) is 3.99. The lowest BCUT2D eigenvalue weighted by Gasteiger charge is -2.62. The van der Waals surface area contributed by atoms with E-state index in [9.17, 15) is 10.2 Å². The molecule has 29 heavy (non-hydrogen) atoms. The number of benzene rings is 1. The molecule has 7 atom stereocenters. The summed E-state index contributed by atoms with van der Waals surface area (Å²) in [7, 11) is 3.98. The molecule has 2 heterocycles. The molecule has 0 aromatic heterocycles. The van der Waals surface area contributed by atoms with Gasteiger partial charge in [-0.15, -0.1) is 0 Å². The Bertz CT molecular complexity index is 844. The molecule has 2 aliphatic carbocycles. The third kappa shape index (κ3) is 2.27. The Morgan fingerprint density at radius 2 is 1.97 bits per heavy atom. The first-order chi connectivity index (χ1) is 13.5. The fourth-order valence-electron chi connectivity index (χ4n) is 7.08. The molecule has 1 saturated carbocycles. The van der Waals surface area contributed by atoms with Crippen molar-refractivity contribution in [1.29, 1.82) is 0 Å². The summed E-state index contributed by atoms with van der Waals surface area (Å²) in [4.78, 5) is 2.50. The van der Waals surface area contributed by atoms with Crippen LogP contribution in [0.15, 0.2) is 12.1 Å². The SMILES string of the molecule is COC1C([C@](C)(O)C(C)(C)C)CC2[C@H]3Cc4ccc(O)c5c4[C@@]2(CCN3C)[C@H]1O5. The number of ether oxygens (including phenoxy) is 2. The topological polar surface area (TPSA) is 62.2 Å². The van der Waals surface area contributed by atoms with Gasteiger partial charge in [-0.25, -0.2) is 0 Å². The van der Waals surface area contributed by atoms with E-state index < -0.39 is 5.60 Å². The first kappa shape index (κ1) is 19.7. The number of phenolic OH excluding ortho intramolecular Hbond substituents is 1. The smallest absolute Gasteiger partial charge is 0.165 e. The van der Waals surface area contributed by atoms with Crippen molar-refractivity contribution in [2.75, 3.05) is 20.7 Å². The molecule has 1 aromatic carbocycles. The van der Waals surface area contributed by atoms with E-state index in [-0.39, 0.29) is 34.7 Å². The van der Waals surface area contributed by atoms with E-state index >= 15 is 0 Å². The highest BCUT2D eigenvalue weighted by Gasteiger charge is 2.69. The summed E-state index contributed by atoms with van der Waals surface area (Å²) in [6.45, 7) is 9.30. The highest BCUT2D eigenvalue weighted by molar-refractivity contribution is 5.60. The zero-order chi connectivity index (χ0) is 20.9. The number of hydrogen-bond acceptors (Lipinski definition) is 5. The highest BCUT2D eigenvalue weighted by Crippen LogP contribution is 2.66. The largest absolute Gasteiger partial charge is 0.504 e. The number of likely N-dealkylation sites (tertiary alicyclic amines) is 1. The van der Waals surface area contributed by atoms with Crippen LogP contribution in [0.2, 0.25) is 0 Å². The average Bonchev–Trinajstić information content (AvgIpc) is 3.00. The molecule has 1 aromatic rings. The molecule has 160 valence electrons. The van der Waals surface area contributed by atoms with Crippen molar-refractivity contribution in [3.8, 4) is 11.5 Å². The Morgan fingerprint density at radius 1 is 1.24 bits per heavy atom. The van der Waals surface area contributed by atoms with E-state index in [0.29, 0.717) is 17.7 Å². The van der Waals surface area contributed by atoms with Gasteiger partial charge < -0.3 is 24.6 Å². The molecule has 5 rings (SSSR count). The van der Waals surface area contributed by atoms with Crippen molar-refractivity contribution in [2.45, 2.75) is 76.2 Å². The normalized spacial score (nSPS) is 40.2. The second kappa shape index (κ2) is 5.89. The van der Waals surface area contributed by atoms with Crippen molar-refractivity contribution < 1.29 is 19.7 Å². The molecule has 0 amide bonds. The molecule has 1 spiro atoms.